The molecule has 0 radical (unpaired) electrons. The lowest BCUT2D eigenvalue weighted by Gasteiger charge is -2.19. The molecule has 0 saturated carbocycles. The average molecular weight is 328 g/mol. The van der Waals surface area contributed by atoms with Crippen molar-refractivity contribution in [3.63, 3.8) is 0 Å². The van der Waals surface area contributed by atoms with Crippen LogP contribution in [0.5, 0.6) is 6.01 Å². The maximum absolute atomic E-state index is 11.1. The zero-order valence-corrected chi connectivity index (χ0v) is 12.7. The lowest BCUT2D eigenvalue weighted by molar-refractivity contribution is 0.0697. The van der Waals surface area contributed by atoms with Crippen LogP contribution < -0.4 is 9.64 Å². The molecule has 1 aromatic carbocycles. The molecule has 2 rings (SSSR count). The molecule has 0 spiro atoms. The summed E-state index contributed by atoms with van der Waals surface area (Å²) in [5.41, 5.74) is 0.599. The van der Waals surface area contributed by atoms with Gasteiger partial charge in [-0.3, -0.25) is 0 Å². The van der Waals surface area contributed by atoms with Crippen molar-refractivity contribution in [2.75, 3.05) is 19.1 Å². The molecule has 0 aliphatic heterocycles. The van der Waals surface area contributed by atoms with Gasteiger partial charge in [-0.25, -0.2) is 4.79 Å². The summed E-state index contributed by atoms with van der Waals surface area (Å²) in [7, 11) is 3.15. The van der Waals surface area contributed by atoms with Gasteiger partial charge < -0.3 is 14.7 Å². The van der Waals surface area contributed by atoms with E-state index < -0.39 is 5.97 Å². The molecule has 0 aliphatic carbocycles. The fourth-order valence-corrected chi connectivity index (χ4v) is 2.03. The number of anilines is 2. The van der Waals surface area contributed by atoms with E-state index in [9.17, 15) is 4.79 Å². The molecule has 0 saturated heterocycles. The topological polar surface area (TPSA) is 75.5 Å². The van der Waals surface area contributed by atoms with Crippen LogP contribution in [0.15, 0.2) is 24.3 Å². The molecular formula is C13H11Cl2N3O3. The largest absolute Gasteiger partial charge is 0.478 e. The first-order valence-corrected chi connectivity index (χ1v) is 6.53. The van der Waals surface area contributed by atoms with Gasteiger partial charge in [0.1, 0.15) is 11.0 Å². The van der Waals surface area contributed by atoms with Crippen molar-refractivity contribution >= 4 is 40.7 Å². The van der Waals surface area contributed by atoms with E-state index in [4.69, 9.17) is 33.0 Å². The van der Waals surface area contributed by atoms with Gasteiger partial charge in [-0.05, 0) is 18.2 Å². The molecular weight excluding hydrogens is 317 g/mol. The van der Waals surface area contributed by atoms with E-state index in [-0.39, 0.29) is 21.7 Å². The number of benzene rings is 1. The Morgan fingerprint density at radius 1 is 1.29 bits per heavy atom. The van der Waals surface area contributed by atoms with Gasteiger partial charge in [0.25, 0.3) is 0 Å². The molecule has 0 fully saturated rings. The van der Waals surface area contributed by atoms with Crippen molar-refractivity contribution in [1.29, 1.82) is 0 Å². The Hall–Kier alpha value is -2.05. The smallest absolute Gasteiger partial charge is 0.337 e. The number of nitrogens with zero attached hydrogens (tertiary/aromatic N) is 3. The summed E-state index contributed by atoms with van der Waals surface area (Å²) in [5, 5.41) is 9.48. The van der Waals surface area contributed by atoms with Gasteiger partial charge in [-0.15, -0.1) is 0 Å². The molecule has 0 unspecified atom stereocenters. The zero-order chi connectivity index (χ0) is 15.6. The molecule has 0 atom stereocenters. The van der Waals surface area contributed by atoms with Crippen LogP contribution in [-0.2, 0) is 0 Å². The van der Waals surface area contributed by atoms with Crippen LogP contribution in [0.1, 0.15) is 10.4 Å². The first-order chi connectivity index (χ1) is 9.92. The number of rotatable bonds is 4. The van der Waals surface area contributed by atoms with Gasteiger partial charge >= 0.3 is 12.0 Å². The second-order valence-corrected chi connectivity index (χ2v) is 4.86. The molecule has 0 bridgehead atoms. The Labute approximate surface area is 130 Å². The van der Waals surface area contributed by atoms with Crippen LogP contribution >= 0.6 is 23.2 Å². The van der Waals surface area contributed by atoms with E-state index in [1.165, 1.54) is 19.2 Å². The fraction of sp³-hybridized carbons (Fsp3) is 0.154. The third-order valence-electron chi connectivity index (χ3n) is 2.75. The van der Waals surface area contributed by atoms with Gasteiger partial charge in [0.2, 0.25) is 0 Å². The lowest BCUT2D eigenvalue weighted by atomic mass is 10.2. The first kappa shape index (κ1) is 15.3. The Morgan fingerprint density at radius 3 is 2.62 bits per heavy atom. The third kappa shape index (κ3) is 3.34. The SMILES string of the molecule is COc1nc(Cl)cc(N(C)c2ccc(Cl)c(C(=O)O)c2)n1. The number of aromatic nitrogens is 2. The minimum absolute atomic E-state index is 0.00753. The van der Waals surface area contributed by atoms with Crippen LogP contribution in [0, 0.1) is 0 Å². The highest BCUT2D eigenvalue weighted by molar-refractivity contribution is 6.33. The Bertz CT molecular complexity index is 694. The average Bonchev–Trinajstić information content (AvgIpc) is 2.46. The van der Waals surface area contributed by atoms with E-state index in [0.29, 0.717) is 11.5 Å². The van der Waals surface area contributed by atoms with Crippen molar-refractivity contribution in [3.8, 4) is 6.01 Å². The van der Waals surface area contributed by atoms with Crippen LogP contribution in [0.4, 0.5) is 11.5 Å². The van der Waals surface area contributed by atoms with Gasteiger partial charge in [0.05, 0.1) is 17.7 Å². The van der Waals surface area contributed by atoms with E-state index in [0.717, 1.165) is 0 Å². The summed E-state index contributed by atoms with van der Waals surface area (Å²) in [6, 6.07) is 6.30. The first-order valence-electron chi connectivity index (χ1n) is 5.77. The molecule has 0 amide bonds. The summed E-state index contributed by atoms with van der Waals surface area (Å²) >= 11 is 11.7. The number of hydrogen-bond acceptors (Lipinski definition) is 5. The number of hydrogen-bond donors (Lipinski definition) is 1. The quantitative estimate of drug-likeness (QED) is 0.868. The van der Waals surface area contributed by atoms with Crippen LogP contribution in [0.25, 0.3) is 0 Å². The zero-order valence-electron chi connectivity index (χ0n) is 11.2. The van der Waals surface area contributed by atoms with Crippen LogP contribution in [0.2, 0.25) is 10.2 Å². The summed E-state index contributed by atoms with van der Waals surface area (Å²) in [6.45, 7) is 0. The van der Waals surface area contributed by atoms with Crippen LogP contribution in [0.3, 0.4) is 0 Å². The number of methoxy groups -OCH3 is 1. The van der Waals surface area contributed by atoms with Crippen molar-refractivity contribution in [2.45, 2.75) is 0 Å². The van der Waals surface area contributed by atoms with E-state index in [1.807, 2.05) is 0 Å². The Morgan fingerprint density at radius 2 is 2.00 bits per heavy atom. The third-order valence-corrected chi connectivity index (χ3v) is 3.28. The van der Waals surface area contributed by atoms with Crippen molar-refractivity contribution in [3.05, 3.63) is 40.0 Å². The molecule has 8 heteroatoms. The normalized spacial score (nSPS) is 10.3. The summed E-state index contributed by atoms with van der Waals surface area (Å²) in [6.07, 6.45) is 0. The van der Waals surface area contributed by atoms with Crippen molar-refractivity contribution < 1.29 is 14.6 Å². The minimum atomic E-state index is -1.10. The second kappa shape index (κ2) is 6.15. The van der Waals surface area contributed by atoms with E-state index in [2.05, 4.69) is 9.97 Å². The highest BCUT2D eigenvalue weighted by atomic mass is 35.5. The molecule has 1 aromatic heterocycles. The summed E-state index contributed by atoms with van der Waals surface area (Å²) in [5.74, 6) is -0.640. The molecule has 0 aliphatic rings. The molecule has 110 valence electrons. The van der Waals surface area contributed by atoms with E-state index in [1.54, 1.807) is 24.1 Å². The summed E-state index contributed by atoms with van der Waals surface area (Å²) in [4.78, 5) is 20.8. The monoisotopic (exact) mass is 327 g/mol. The maximum atomic E-state index is 11.1. The number of ether oxygens (including phenoxy) is 1. The van der Waals surface area contributed by atoms with Crippen molar-refractivity contribution in [2.24, 2.45) is 0 Å². The predicted octanol–water partition coefficient (Wildman–Crippen LogP) is 3.26. The molecule has 1 heterocycles. The van der Waals surface area contributed by atoms with Crippen LogP contribution in [-0.4, -0.2) is 35.2 Å². The number of aromatic carboxylic acids is 1. The molecule has 6 nitrogen and oxygen atoms in total. The summed E-state index contributed by atoms with van der Waals surface area (Å²) < 4.78 is 4.95. The van der Waals surface area contributed by atoms with Gasteiger partial charge in [-0.1, -0.05) is 23.2 Å². The minimum Gasteiger partial charge on any atom is -0.478 e. The van der Waals surface area contributed by atoms with Gasteiger partial charge in [0.15, 0.2) is 0 Å². The lowest BCUT2D eigenvalue weighted by Crippen LogP contribution is -2.13. The second-order valence-electron chi connectivity index (χ2n) is 4.06. The maximum Gasteiger partial charge on any atom is 0.337 e. The standard InChI is InChI=1S/C13H11Cl2N3O3/c1-18(11-6-10(15)16-13(17-11)21-2)7-3-4-9(14)8(5-7)12(19)20/h3-6H,1-2H3,(H,19,20). The fourth-order valence-electron chi connectivity index (χ4n) is 1.67. The van der Waals surface area contributed by atoms with Gasteiger partial charge in [-0.2, -0.15) is 9.97 Å². The Kier molecular flexibility index (Phi) is 4.50. The molecule has 21 heavy (non-hydrogen) atoms. The number of carboxylic acids is 1. The predicted molar refractivity (Wildman–Crippen MR) is 80.1 cm³/mol. The number of carboxylic acid groups (broad SMARTS) is 1. The molecule has 1 N–H and O–H groups in total. The number of halogens is 2. The van der Waals surface area contributed by atoms with E-state index >= 15 is 0 Å². The Balaban J connectivity index is 2.44. The molecule has 2 aromatic rings. The highest BCUT2D eigenvalue weighted by Gasteiger charge is 2.14. The highest BCUT2D eigenvalue weighted by Crippen LogP contribution is 2.28. The number of carbonyl (C=O) groups is 1. The van der Waals surface area contributed by atoms with Gasteiger partial charge in [0, 0.05) is 18.8 Å². The van der Waals surface area contributed by atoms with Crippen molar-refractivity contribution in [1.82, 2.24) is 9.97 Å².